The minimum atomic E-state index is -0.459. The van der Waals surface area contributed by atoms with Crippen molar-refractivity contribution in [2.24, 2.45) is 0 Å². The van der Waals surface area contributed by atoms with Crippen LogP contribution in [0, 0.1) is 6.92 Å². The zero-order valence-corrected chi connectivity index (χ0v) is 10.8. The van der Waals surface area contributed by atoms with Crippen molar-refractivity contribution < 1.29 is 9.53 Å². The first-order valence-electron chi connectivity index (χ1n) is 5.69. The number of amides is 1. The highest BCUT2D eigenvalue weighted by molar-refractivity contribution is 5.85. The quantitative estimate of drug-likeness (QED) is 0.791. The lowest BCUT2D eigenvalue weighted by Gasteiger charge is -2.23. The van der Waals surface area contributed by atoms with Crippen LogP contribution in [-0.2, 0) is 4.74 Å². The molecule has 4 nitrogen and oxygen atoms in total. The van der Waals surface area contributed by atoms with E-state index in [9.17, 15) is 4.79 Å². The van der Waals surface area contributed by atoms with E-state index in [-0.39, 0.29) is 0 Å². The topological polar surface area (TPSA) is 64.3 Å². The van der Waals surface area contributed by atoms with Crippen LogP contribution in [0.2, 0.25) is 0 Å². The number of aryl methyl sites for hydroxylation is 1. The number of benzene rings is 1. The van der Waals surface area contributed by atoms with E-state index in [1.165, 1.54) is 0 Å². The van der Waals surface area contributed by atoms with E-state index in [4.69, 9.17) is 10.5 Å². The lowest BCUT2D eigenvalue weighted by Crippen LogP contribution is -2.29. The molecule has 0 fully saturated rings. The summed E-state index contributed by atoms with van der Waals surface area (Å²) in [4.78, 5) is 11.6. The molecule has 0 saturated heterocycles. The second-order valence-corrected chi connectivity index (χ2v) is 4.76. The smallest absolute Gasteiger partial charge is 0.412 e. The van der Waals surface area contributed by atoms with Crippen LogP contribution in [0.1, 0.15) is 32.8 Å². The Kier molecular flexibility index (Phi) is 3.99. The van der Waals surface area contributed by atoms with Gasteiger partial charge in [0.25, 0.3) is 0 Å². The molecule has 0 unspecified atom stereocenters. The number of nitrogens with two attached hydrogens (primary N) is 1. The van der Waals surface area contributed by atoms with Gasteiger partial charge in [-0.25, -0.2) is 4.79 Å². The fourth-order valence-electron chi connectivity index (χ4n) is 1.35. The summed E-state index contributed by atoms with van der Waals surface area (Å²) in [6.45, 7) is 7.63. The van der Waals surface area contributed by atoms with Crippen LogP contribution in [0.5, 0.6) is 0 Å². The first kappa shape index (κ1) is 13.4. The number of nitrogen functional groups attached to an aromatic ring is 1. The molecule has 0 bridgehead atoms. The maximum absolute atomic E-state index is 11.6. The van der Waals surface area contributed by atoms with Gasteiger partial charge in [0.05, 0.1) is 0 Å². The molecule has 94 valence electrons. The number of carbonyl (C=O) groups excluding carboxylic acids is 1. The Morgan fingerprint density at radius 2 is 2.06 bits per heavy atom. The van der Waals surface area contributed by atoms with Crippen molar-refractivity contribution in [1.29, 1.82) is 0 Å². The molecule has 0 saturated carbocycles. The summed E-state index contributed by atoms with van der Waals surface area (Å²) in [6, 6.07) is 5.39. The Bertz CT molecular complexity index is 394. The molecule has 1 amide bonds. The Morgan fingerprint density at radius 1 is 1.41 bits per heavy atom. The van der Waals surface area contributed by atoms with Crippen LogP contribution in [0.3, 0.4) is 0 Å². The van der Waals surface area contributed by atoms with Gasteiger partial charge >= 0.3 is 6.09 Å². The van der Waals surface area contributed by atoms with Crippen LogP contribution in [0.25, 0.3) is 0 Å². The van der Waals surface area contributed by atoms with Crippen molar-refractivity contribution in [3.63, 3.8) is 0 Å². The number of hydrogen-bond acceptors (Lipinski definition) is 3. The van der Waals surface area contributed by atoms with E-state index < -0.39 is 11.7 Å². The largest absolute Gasteiger partial charge is 0.443 e. The molecule has 1 aromatic carbocycles. The Hall–Kier alpha value is -1.71. The number of ether oxygens (including phenoxy) is 1. The zero-order valence-electron chi connectivity index (χ0n) is 10.8. The van der Waals surface area contributed by atoms with E-state index in [2.05, 4.69) is 5.32 Å². The van der Waals surface area contributed by atoms with Crippen molar-refractivity contribution in [2.75, 3.05) is 11.1 Å². The molecular weight excluding hydrogens is 216 g/mol. The van der Waals surface area contributed by atoms with Gasteiger partial charge in [0.2, 0.25) is 0 Å². The minimum Gasteiger partial charge on any atom is -0.443 e. The average Bonchev–Trinajstić information content (AvgIpc) is 2.14. The summed E-state index contributed by atoms with van der Waals surface area (Å²) in [5.41, 5.74) is 7.51. The molecule has 3 N–H and O–H groups in total. The van der Waals surface area contributed by atoms with Crippen LogP contribution in [0.15, 0.2) is 18.2 Å². The number of anilines is 2. The Balaban J connectivity index is 2.68. The van der Waals surface area contributed by atoms with E-state index in [0.717, 1.165) is 12.0 Å². The van der Waals surface area contributed by atoms with Crippen molar-refractivity contribution >= 4 is 17.5 Å². The van der Waals surface area contributed by atoms with Crippen LogP contribution < -0.4 is 11.1 Å². The maximum atomic E-state index is 11.6. The highest BCUT2D eigenvalue weighted by Gasteiger charge is 2.20. The van der Waals surface area contributed by atoms with Gasteiger partial charge < -0.3 is 10.5 Å². The number of rotatable bonds is 3. The lowest BCUT2D eigenvalue weighted by atomic mass is 10.1. The first-order chi connectivity index (χ1) is 7.82. The van der Waals surface area contributed by atoms with Gasteiger partial charge in [-0.05, 0) is 51.0 Å². The standard InChI is InChI=1S/C13H20N2O2/c1-5-13(3,4)17-12(16)15-11-7-9(2)6-10(14)8-11/h6-8H,5,14H2,1-4H3,(H,15,16). The van der Waals surface area contributed by atoms with Crippen molar-refractivity contribution in [3.8, 4) is 0 Å². The summed E-state index contributed by atoms with van der Waals surface area (Å²) in [5, 5.41) is 2.67. The second kappa shape index (κ2) is 5.08. The van der Waals surface area contributed by atoms with Crippen molar-refractivity contribution in [2.45, 2.75) is 39.7 Å². The fraction of sp³-hybridized carbons (Fsp3) is 0.462. The molecular formula is C13H20N2O2. The number of carbonyl (C=O) groups is 1. The first-order valence-corrected chi connectivity index (χ1v) is 5.69. The molecule has 0 atom stereocenters. The highest BCUT2D eigenvalue weighted by Crippen LogP contribution is 2.18. The molecule has 0 aliphatic carbocycles. The molecule has 17 heavy (non-hydrogen) atoms. The molecule has 0 aliphatic heterocycles. The van der Waals surface area contributed by atoms with Crippen LogP contribution in [0.4, 0.5) is 16.2 Å². The van der Waals surface area contributed by atoms with Gasteiger partial charge in [-0.2, -0.15) is 0 Å². The fourth-order valence-corrected chi connectivity index (χ4v) is 1.35. The van der Waals surface area contributed by atoms with E-state index >= 15 is 0 Å². The molecule has 4 heteroatoms. The van der Waals surface area contributed by atoms with Gasteiger partial charge in [-0.15, -0.1) is 0 Å². The summed E-state index contributed by atoms with van der Waals surface area (Å²) in [7, 11) is 0. The van der Waals surface area contributed by atoms with Crippen molar-refractivity contribution in [1.82, 2.24) is 0 Å². The predicted molar refractivity (Wildman–Crippen MR) is 70.1 cm³/mol. The molecule has 0 radical (unpaired) electrons. The molecule has 0 heterocycles. The van der Waals surface area contributed by atoms with E-state index in [0.29, 0.717) is 11.4 Å². The average molecular weight is 236 g/mol. The summed E-state index contributed by atoms with van der Waals surface area (Å²) in [5.74, 6) is 0. The predicted octanol–water partition coefficient (Wildman–Crippen LogP) is 3.31. The van der Waals surface area contributed by atoms with Gasteiger partial charge in [0.15, 0.2) is 0 Å². The number of hydrogen-bond donors (Lipinski definition) is 2. The lowest BCUT2D eigenvalue weighted by molar-refractivity contribution is 0.0462. The Morgan fingerprint density at radius 3 is 2.59 bits per heavy atom. The molecule has 0 aromatic heterocycles. The number of nitrogens with one attached hydrogen (secondary N) is 1. The Labute approximate surface area is 102 Å². The zero-order chi connectivity index (χ0) is 13.1. The highest BCUT2D eigenvalue weighted by atomic mass is 16.6. The second-order valence-electron chi connectivity index (χ2n) is 4.76. The van der Waals surface area contributed by atoms with Gasteiger partial charge in [0.1, 0.15) is 5.60 Å². The van der Waals surface area contributed by atoms with E-state index in [1.54, 1.807) is 6.07 Å². The molecule has 1 aromatic rings. The van der Waals surface area contributed by atoms with Gasteiger partial charge in [-0.1, -0.05) is 6.92 Å². The van der Waals surface area contributed by atoms with Gasteiger partial charge in [0, 0.05) is 11.4 Å². The third-order valence-corrected chi connectivity index (χ3v) is 2.57. The monoisotopic (exact) mass is 236 g/mol. The summed E-state index contributed by atoms with van der Waals surface area (Å²) in [6.07, 6.45) is 0.304. The van der Waals surface area contributed by atoms with Gasteiger partial charge in [-0.3, -0.25) is 5.32 Å². The third-order valence-electron chi connectivity index (χ3n) is 2.57. The summed E-state index contributed by atoms with van der Waals surface area (Å²) < 4.78 is 5.28. The minimum absolute atomic E-state index is 0.457. The maximum Gasteiger partial charge on any atom is 0.412 e. The molecule has 0 spiro atoms. The third kappa shape index (κ3) is 4.34. The van der Waals surface area contributed by atoms with Crippen LogP contribution in [-0.4, -0.2) is 11.7 Å². The normalized spacial score (nSPS) is 11.1. The molecule has 1 rings (SSSR count). The van der Waals surface area contributed by atoms with E-state index in [1.807, 2.05) is 39.8 Å². The van der Waals surface area contributed by atoms with Crippen LogP contribution >= 0.6 is 0 Å². The SMILES string of the molecule is CCC(C)(C)OC(=O)Nc1cc(C)cc(N)c1. The summed E-state index contributed by atoms with van der Waals surface area (Å²) >= 11 is 0. The molecule has 0 aliphatic rings. The van der Waals surface area contributed by atoms with Crippen molar-refractivity contribution in [3.05, 3.63) is 23.8 Å².